The van der Waals surface area contributed by atoms with Crippen molar-refractivity contribution < 1.29 is 4.79 Å². The first-order valence-electron chi connectivity index (χ1n) is 7.72. The van der Waals surface area contributed by atoms with Gasteiger partial charge < -0.3 is 10.2 Å². The number of nitrogens with zero attached hydrogens (tertiary/aromatic N) is 1. The van der Waals surface area contributed by atoms with Crippen LogP contribution >= 0.6 is 0 Å². The molecular weight excluding hydrogens is 272 g/mol. The lowest BCUT2D eigenvalue weighted by molar-refractivity contribution is 0.0937. The number of amides is 1. The van der Waals surface area contributed by atoms with E-state index in [1.165, 1.54) is 16.7 Å². The van der Waals surface area contributed by atoms with Gasteiger partial charge in [0.05, 0.1) is 6.04 Å². The number of carbonyl (C=O) groups is 1. The highest BCUT2D eigenvalue weighted by Gasteiger charge is 2.24. The second kappa shape index (κ2) is 5.84. The number of anilines is 1. The van der Waals surface area contributed by atoms with Gasteiger partial charge in [0.1, 0.15) is 0 Å². The molecule has 1 amide bonds. The topological polar surface area (TPSA) is 32.3 Å². The number of aryl methyl sites for hydroxylation is 2. The van der Waals surface area contributed by atoms with Crippen LogP contribution in [0.4, 0.5) is 5.69 Å². The summed E-state index contributed by atoms with van der Waals surface area (Å²) in [6.45, 7) is 2.11. The van der Waals surface area contributed by atoms with E-state index < -0.39 is 0 Å². The zero-order valence-electron chi connectivity index (χ0n) is 13.4. The molecule has 0 heterocycles. The summed E-state index contributed by atoms with van der Waals surface area (Å²) in [7, 11) is 3.99. The highest BCUT2D eigenvalue weighted by molar-refractivity contribution is 5.94. The summed E-state index contributed by atoms with van der Waals surface area (Å²) in [4.78, 5) is 14.5. The molecule has 1 unspecified atom stereocenters. The second-order valence-corrected chi connectivity index (χ2v) is 6.21. The third-order valence-electron chi connectivity index (χ3n) is 4.33. The first-order chi connectivity index (χ1) is 10.5. The molecule has 1 N–H and O–H groups in total. The van der Waals surface area contributed by atoms with Crippen molar-refractivity contribution in [2.24, 2.45) is 0 Å². The number of hydrogen-bond acceptors (Lipinski definition) is 2. The van der Waals surface area contributed by atoms with Crippen LogP contribution in [0.1, 0.15) is 39.5 Å². The third-order valence-corrected chi connectivity index (χ3v) is 4.33. The fourth-order valence-corrected chi connectivity index (χ4v) is 3.05. The SMILES string of the molecule is Cc1ccc2c(c1)CCC2NC(=O)c1ccc(N(C)C)cc1. The Kier molecular flexibility index (Phi) is 3.88. The molecule has 2 aromatic rings. The number of hydrogen-bond donors (Lipinski definition) is 1. The van der Waals surface area contributed by atoms with Gasteiger partial charge in [-0.05, 0) is 55.2 Å². The van der Waals surface area contributed by atoms with Crippen LogP contribution in [0.3, 0.4) is 0 Å². The van der Waals surface area contributed by atoms with Crippen LogP contribution in [-0.2, 0) is 6.42 Å². The van der Waals surface area contributed by atoms with E-state index in [2.05, 4.69) is 30.4 Å². The van der Waals surface area contributed by atoms with Crippen molar-refractivity contribution in [2.45, 2.75) is 25.8 Å². The maximum atomic E-state index is 12.4. The Morgan fingerprint density at radius 1 is 1.14 bits per heavy atom. The Labute approximate surface area is 132 Å². The summed E-state index contributed by atoms with van der Waals surface area (Å²) in [5.41, 5.74) is 5.73. The summed E-state index contributed by atoms with van der Waals surface area (Å²) in [6, 6.07) is 14.4. The van der Waals surface area contributed by atoms with Gasteiger partial charge in [0, 0.05) is 25.3 Å². The number of nitrogens with one attached hydrogen (secondary N) is 1. The maximum absolute atomic E-state index is 12.4. The average Bonchev–Trinajstić information content (AvgIpc) is 2.89. The van der Waals surface area contributed by atoms with Crippen molar-refractivity contribution >= 4 is 11.6 Å². The molecule has 0 aliphatic heterocycles. The Hall–Kier alpha value is -2.29. The van der Waals surface area contributed by atoms with Crippen molar-refractivity contribution in [3.05, 3.63) is 64.7 Å². The molecule has 0 radical (unpaired) electrons. The van der Waals surface area contributed by atoms with Crippen LogP contribution < -0.4 is 10.2 Å². The third kappa shape index (κ3) is 2.84. The Morgan fingerprint density at radius 2 is 1.86 bits per heavy atom. The molecule has 1 atom stereocenters. The van der Waals surface area contributed by atoms with Crippen molar-refractivity contribution in [1.82, 2.24) is 5.32 Å². The van der Waals surface area contributed by atoms with Crippen molar-refractivity contribution in [3.8, 4) is 0 Å². The zero-order valence-corrected chi connectivity index (χ0v) is 13.4. The normalized spacial score (nSPS) is 16.2. The van der Waals surface area contributed by atoms with Gasteiger partial charge in [-0.25, -0.2) is 0 Å². The highest BCUT2D eigenvalue weighted by Crippen LogP contribution is 2.31. The lowest BCUT2D eigenvalue weighted by atomic mass is 10.1. The molecule has 3 heteroatoms. The molecule has 0 bridgehead atoms. The standard InChI is InChI=1S/C19H22N2O/c1-13-4-10-17-15(12-13)7-11-18(17)20-19(22)14-5-8-16(9-6-14)21(2)3/h4-6,8-10,12,18H,7,11H2,1-3H3,(H,20,22). The molecule has 2 aromatic carbocycles. The Balaban J connectivity index is 1.73. The van der Waals surface area contributed by atoms with E-state index in [1.807, 2.05) is 43.3 Å². The smallest absolute Gasteiger partial charge is 0.251 e. The monoisotopic (exact) mass is 294 g/mol. The van der Waals surface area contributed by atoms with Crippen LogP contribution in [0.15, 0.2) is 42.5 Å². The highest BCUT2D eigenvalue weighted by atomic mass is 16.1. The number of carbonyl (C=O) groups excluding carboxylic acids is 1. The predicted molar refractivity (Wildman–Crippen MR) is 90.5 cm³/mol. The summed E-state index contributed by atoms with van der Waals surface area (Å²) in [6.07, 6.45) is 2.03. The average molecular weight is 294 g/mol. The molecule has 0 spiro atoms. The number of rotatable bonds is 3. The van der Waals surface area contributed by atoms with Gasteiger partial charge in [0.15, 0.2) is 0 Å². The van der Waals surface area contributed by atoms with Gasteiger partial charge in [0.2, 0.25) is 0 Å². The molecule has 1 aliphatic rings. The van der Waals surface area contributed by atoms with Gasteiger partial charge in [-0.2, -0.15) is 0 Å². The van der Waals surface area contributed by atoms with Crippen LogP contribution in [0.25, 0.3) is 0 Å². The largest absolute Gasteiger partial charge is 0.378 e. The van der Waals surface area contributed by atoms with Crippen LogP contribution in [0.5, 0.6) is 0 Å². The summed E-state index contributed by atoms with van der Waals surface area (Å²) in [5, 5.41) is 3.17. The van der Waals surface area contributed by atoms with E-state index in [0.717, 1.165) is 18.5 Å². The van der Waals surface area contributed by atoms with E-state index in [9.17, 15) is 4.79 Å². The second-order valence-electron chi connectivity index (χ2n) is 6.21. The molecule has 3 rings (SSSR count). The van der Waals surface area contributed by atoms with E-state index >= 15 is 0 Å². The summed E-state index contributed by atoms with van der Waals surface area (Å²) >= 11 is 0. The summed E-state index contributed by atoms with van der Waals surface area (Å²) < 4.78 is 0. The Morgan fingerprint density at radius 3 is 2.55 bits per heavy atom. The molecular formula is C19H22N2O. The number of benzene rings is 2. The van der Waals surface area contributed by atoms with E-state index in [0.29, 0.717) is 5.56 Å². The van der Waals surface area contributed by atoms with Gasteiger partial charge in [-0.3, -0.25) is 4.79 Å². The fourth-order valence-electron chi connectivity index (χ4n) is 3.05. The predicted octanol–water partition coefficient (Wildman–Crippen LogP) is 3.48. The minimum atomic E-state index is 0.00345. The van der Waals surface area contributed by atoms with Gasteiger partial charge in [0.25, 0.3) is 5.91 Å². The van der Waals surface area contributed by atoms with E-state index in [1.54, 1.807) is 0 Å². The van der Waals surface area contributed by atoms with Crippen LogP contribution in [0, 0.1) is 6.92 Å². The lowest BCUT2D eigenvalue weighted by Gasteiger charge is -2.16. The lowest BCUT2D eigenvalue weighted by Crippen LogP contribution is -2.27. The minimum absolute atomic E-state index is 0.00345. The maximum Gasteiger partial charge on any atom is 0.251 e. The van der Waals surface area contributed by atoms with E-state index in [-0.39, 0.29) is 11.9 Å². The van der Waals surface area contributed by atoms with Crippen molar-refractivity contribution in [3.63, 3.8) is 0 Å². The number of fused-ring (bicyclic) bond motifs is 1. The molecule has 0 saturated heterocycles. The van der Waals surface area contributed by atoms with Crippen LogP contribution in [-0.4, -0.2) is 20.0 Å². The quantitative estimate of drug-likeness (QED) is 0.940. The van der Waals surface area contributed by atoms with E-state index in [4.69, 9.17) is 0 Å². The zero-order chi connectivity index (χ0) is 15.7. The van der Waals surface area contributed by atoms with Crippen molar-refractivity contribution in [2.75, 3.05) is 19.0 Å². The van der Waals surface area contributed by atoms with Gasteiger partial charge in [-0.1, -0.05) is 23.8 Å². The molecule has 22 heavy (non-hydrogen) atoms. The first-order valence-corrected chi connectivity index (χ1v) is 7.72. The van der Waals surface area contributed by atoms with Crippen molar-refractivity contribution in [1.29, 1.82) is 0 Å². The minimum Gasteiger partial charge on any atom is -0.378 e. The van der Waals surface area contributed by atoms with Crippen LogP contribution in [0.2, 0.25) is 0 Å². The molecule has 0 fully saturated rings. The molecule has 0 saturated carbocycles. The first kappa shape index (κ1) is 14.6. The molecule has 3 nitrogen and oxygen atoms in total. The molecule has 114 valence electrons. The molecule has 0 aromatic heterocycles. The Bertz CT molecular complexity index is 689. The van der Waals surface area contributed by atoms with Gasteiger partial charge >= 0.3 is 0 Å². The molecule has 1 aliphatic carbocycles. The summed E-state index contributed by atoms with van der Waals surface area (Å²) in [5.74, 6) is 0.00345. The fraction of sp³-hybridized carbons (Fsp3) is 0.316. The van der Waals surface area contributed by atoms with Gasteiger partial charge in [-0.15, -0.1) is 0 Å².